The number of carbonyl (C=O) groups excluding carboxylic acids is 1. The fraction of sp³-hybridized carbons (Fsp3) is 0.833. The first-order valence-electron chi connectivity index (χ1n) is 3.04. The monoisotopic (exact) mass is 129 g/mol. The van der Waals surface area contributed by atoms with Crippen molar-refractivity contribution in [1.82, 2.24) is 0 Å². The Labute approximate surface area is 53.9 Å². The Bertz CT molecular complexity index is 86.3. The van der Waals surface area contributed by atoms with Crippen molar-refractivity contribution in [2.75, 3.05) is 13.2 Å². The molecule has 1 aliphatic rings. The first-order chi connectivity index (χ1) is 4.43. The Hall–Kier alpha value is -0.570. The van der Waals surface area contributed by atoms with Crippen molar-refractivity contribution >= 4 is 6.47 Å². The molecule has 0 aromatic carbocycles. The molecule has 0 bridgehead atoms. The van der Waals surface area contributed by atoms with Gasteiger partial charge < -0.3 is 9.47 Å². The van der Waals surface area contributed by atoms with Gasteiger partial charge in [0.2, 0.25) is 0 Å². The molecule has 0 saturated carbocycles. The smallest absolute Gasteiger partial charge is 0.417 e. The summed E-state index contributed by atoms with van der Waals surface area (Å²) in [6.07, 6.45) is 2.21. The second kappa shape index (κ2) is 3.45. The van der Waals surface area contributed by atoms with Crippen LogP contribution in [0.5, 0.6) is 0 Å². The van der Waals surface area contributed by atoms with Gasteiger partial charge >= 0.3 is 6.47 Å². The van der Waals surface area contributed by atoms with E-state index in [1.165, 1.54) is 6.47 Å². The van der Waals surface area contributed by atoms with Crippen LogP contribution in [0.2, 0.25) is 0 Å². The summed E-state index contributed by atoms with van der Waals surface area (Å²) < 4.78 is 9.54. The molecule has 0 amide bonds. The molecule has 1 radical (unpaired) electrons. The number of rotatable bonds is 3. The molecule has 1 rings (SSSR count). The van der Waals surface area contributed by atoms with E-state index in [0.717, 1.165) is 19.4 Å². The van der Waals surface area contributed by atoms with E-state index >= 15 is 0 Å². The van der Waals surface area contributed by atoms with Crippen molar-refractivity contribution in [3.63, 3.8) is 0 Å². The van der Waals surface area contributed by atoms with Crippen LogP contribution in [-0.4, -0.2) is 25.8 Å². The predicted octanol–water partition coefficient (Wildman–Crippen LogP) is 0.249. The van der Waals surface area contributed by atoms with Crippen LogP contribution in [0.25, 0.3) is 0 Å². The lowest BCUT2D eigenvalue weighted by molar-refractivity contribution is 0.0623. The molecule has 1 atom stereocenters. The Morgan fingerprint density at radius 2 is 2.67 bits per heavy atom. The maximum atomic E-state index is 9.56. The summed E-state index contributed by atoms with van der Waals surface area (Å²) in [6.45, 7) is 2.53. The molecule has 0 N–H and O–H groups in total. The van der Waals surface area contributed by atoms with E-state index in [2.05, 4.69) is 4.74 Å². The van der Waals surface area contributed by atoms with Gasteiger partial charge in [-0.3, -0.25) is 0 Å². The minimum atomic E-state index is 0.131. The van der Waals surface area contributed by atoms with Crippen molar-refractivity contribution in [2.24, 2.45) is 0 Å². The van der Waals surface area contributed by atoms with Crippen LogP contribution in [0.15, 0.2) is 0 Å². The normalized spacial score (nSPS) is 26.0. The second-order valence-electron chi connectivity index (χ2n) is 2.03. The molecule has 1 aliphatic heterocycles. The number of ether oxygens (including phenoxy) is 2. The lowest BCUT2D eigenvalue weighted by Crippen LogP contribution is -2.12. The van der Waals surface area contributed by atoms with Crippen LogP contribution in [-0.2, 0) is 14.3 Å². The highest BCUT2D eigenvalue weighted by molar-refractivity contribution is 5.38. The van der Waals surface area contributed by atoms with Crippen molar-refractivity contribution in [3.8, 4) is 0 Å². The van der Waals surface area contributed by atoms with E-state index in [4.69, 9.17) is 4.74 Å². The molecule has 1 saturated heterocycles. The zero-order valence-corrected chi connectivity index (χ0v) is 5.13. The van der Waals surface area contributed by atoms with Gasteiger partial charge in [0, 0.05) is 6.61 Å². The van der Waals surface area contributed by atoms with E-state index < -0.39 is 0 Å². The standard InChI is InChI=1S/C6H9O3/c7-5-8-4-6-2-1-3-9-6/h6H,1-4H2. The van der Waals surface area contributed by atoms with Crippen molar-refractivity contribution < 1.29 is 14.3 Å². The lowest BCUT2D eigenvalue weighted by atomic mass is 10.2. The zero-order valence-electron chi connectivity index (χ0n) is 5.13. The van der Waals surface area contributed by atoms with Gasteiger partial charge in [0.15, 0.2) is 0 Å². The Morgan fingerprint density at radius 3 is 3.22 bits per heavy atom. The van der Waals surface area contributed by atoms with Gasteiger partial charge in [-0.15, -0.1) is 0 Å². The van der Waals surface area contributed by atoms with Gasteiger partial charge in [0.05, 0.1) is 6.10 Å². The highest BCUT2D eigenvalue weighted by atomic mass is 16.6. The van der Waals surface area contributed by atoms with Crippen LogP contribution < -0.4 is 0 Å². The second-order valence-corrected chi connectivity index (χ2v) is 2.03. The largest absolute Gasteiger partial charge is 0.455 e. The fourth-order valence-electron chi connectivity index (χ4n) is 0.903. The topological polar surface area (TPSA) is 35.5 Å². The Morgan fingerprint density at radius 1 is 1.78 bits per heavy atom. The number of hydrogen-bond donors (Lipinski definition) is 0. The van der Waals surface area contributed by atoms with Gasteiger partial charge in [-0.2, -0.15) is 0 Å². The SMILES string of the molecule is O=[C]OCC1CCCO1. The van der Waals surface area contributed by atoms with Crippen molar-refractivity contribution in [3.05, 3.63) is 0 Å². The molecule has 51 valence electrons. The maximum Gasteiger partial charge on any atom is 0.417 e. The van der Waals surface area contributed by atoms with E-state index in [-0.39, 0.29) is 6.10 Å². The average Bonchev–Trinajstić information content (AvgIpc) is 2.34. The Kier molecular flexibility index (Phi) is 2.51. The van der Waals surface area contributed by atoms with Gasteiger partial charge in [0.1, 0.15) is 6.61 Å². The third kappa shape index (κ3) is 2.01. The fourth-order valence-corrected chi connectivity index (χ4v) is 0.903. The van der Waals surface area contributed by atoms with E-state index in [9.17, 15) is 4.79 Å². The van der Waals surface area contributed by atoms with Gasteiger partial charge in [-0.25, -0.2) is 4.79 Å². The summed E-state index contributed by atoms with van der Waals surface area (Å²) in [7, 11) is 0. The molecule has 1 heterocycles. The van der Waals surface area contributed by atoms with Crippen molar-refractivity contribution in [2.45, 2.75) is 18.9 Å². The zero-order chi connectivity index (χ0) is 6.53. The molecule has 1 unspecified atom stereocenters. The molecule has 0 spiro atoms. The first kappa shape index (κ1) is 6.55. The van der Waals surface area contributed by atoms with Crippen LogP contribution in [0.4, 0.5) is 0 Å². The average molecular weight is 129 g/mol. The summed E-state index contributed by atoms with van der Waals surface area (Å²) in [5.74, 6) is 0. The predicted molar refractivity (Wildman–Crippen MR) is 30.6 cm³/mol. The van der Waals surface area contributed by atoms with E-state index in [1.54, 1.807) is 0 Å². The number of hydrogen-bond acceptors (Lipinski definition) is 3. The van der Waals surface area contributed by atoms with E-state index in [1.807, 2.05) is 0 Å². The van der Waals surface area contributed by atoms with Gasteiger partial charge in [-0.05, 0) is 12.8 Å². The molecule has 3 nitrogen and oxygen atoms in total. The van der Waals surface area contributed by atoms with Crippen molar-refractivity contribution in [1.29, 1.82) is 0 Å². The minimum Gasteiger partial charge on any atom is -0.455 e. The molecule has 0 aromatic heterocycles. The highest BCUT2D eigenvalue weighted by Gasteiger charge is 2.15. The Balaban J connectivity index is 2.04. The van der Waals surface area contributed by atoms with Crippen LogP contribution in [0.1, 0.15) is 12.8 Å². The summed E-state index contributed by atoms with van der Waals surface area (Å²) in [5.41, 5.74) is 0. The molecule has 0 aromatic rings. The van der Waals surface area contributed by atoms with Gasteiger partial charge in [0.25, 0.3) is 0 Å². The van der Waals surface area contributed by atoms with E-state index in [0.29, 0.717) is 6.61 Å². The summed E-state index contributed by atoms with van der Waals surface area (Å²) >= 11 is 0. The molecule has 3 heteroatoms. The maximum absolute atomic E-state index is 9.56. The molecule has 0 aliphatic carbocycles. The molecule has 1 fully saturated rings. The molecular weight excluding hydrogens is 120 g/mol. The quantitative estimate of drug-likeness (QED) is 0.548. The van der Waals surface area contributed by atoms with Crippen LogP contribution >= 0.6 is 0 Å². The summed E-state index contributed by atoms with van der Waals surface area (Å²) in [6, 6.07) is 0. The third-order valence-corrected chi connectivity index (χ3v) is 1.35. The van der Waals surface area contributed by atoms with Gasteiger partial charge in [-0.1, -0.05) is 0 Å². The molecule has 9 heavy (non-hydrogen) atoms. The first-order valence-corrected chi connectivity index (χ1v) is 3.04. The lowest BCUT2D eigenvalue weighted by Gasteiger charge is -2.04. The molecular formula is C6H9O3. The highest BCUT2D eigenvalue weighted by Crippen LogP contribution is 2.11. The third-order valence-electron chi connectivity index (χ3n) is 1.35. The summed E-state index contributed by atoms with van der Waals surface area (Å²) in [5, 5.41) is 0. The van der Waals surface area contributed by atoms with Crippen LogP contribution in [0, 0.1) is 0 Å². The summed E-state index contributed by atoms with van der Waals surface area (Å²) in [4.78, 5) is 9.56. The van der Waals surface area contributed by atoms with Crippen LogP contribution in [0.3, 0.4) is 0 Å². The minimum absolute atomic E-state index is 0.131.